The molecule has 0 atom stereocenters. The summed E-state index contributed by atoms with van der Waals surface area (Å²) in [6.07, 6.45) is -4.98. The van der Waals surface area contributed by atoms with Gasteiger partial charge < -0.3 is 20.1 Å². The first-order valence-electron chi connectivity index (χ1n) is 6.14. The highest BCUT2D eigenvalue weighted by Gasteiger charge is 2.34. The van der Waals surface area contributed by atoms with E-state index in [0.717, 1.165) is 17.0 Å². The first-order valence-corrected chi connectivity index (χ1v) is 6.14. The van der Waals surface area contributed by atoms with E-state index in [-0.39, 0.29) is 18.7 Å². The monoisotopic (exact) mass is 320 g/mol. The number of benzene rings is 1. The van der Waals surface area contributed by atoms with Gasteiger partial charge in [0.15, 0.2) is 0 Å². The molecule has 0 unspecified atom stereocenters. The van der Waals surface area contributed by atoms with E-state index in [0.29, 0.717) is 0 Å². The highest BCUT2D eigenvalue weighted by atomic mass is 19.4. The van der Waals surface area contributed by atoms with Gasteiger partial charge >= 0.3 is 18.2 Å². The summed E-state index contributed by atoms with van der Waals surface area (Å²) in [5.41, 5.74) is -1.48. The van der Waals surface area contributed by atoms with Gasteiger partial charge in [-0.2, -0.15) is 13.2 Å². The molecule has 22 heavy (non-hydrogen) atoms. The normalized spacial score (nSPS) is 11.0. The largest absolute Gasteiger partial charge is 0.497 e. The fourth-order valence-electron chi connectivity index (χ4n) is 1.57. The highest BCUT2D eigenvalue weighted by Crippen LogP contribution is 2.37. The average Bonchev–Trinajstić information content (AvgIpc) is 2.43. The second-order valence-corrected chi connectivity index (χ2v) is 4.40. The summed E-state index contributed by atoms with van der Waals surface area (Å²) in [5, 5.41) is 10.6. The van der Waals surface area contributed by atoms with Crippen molar-refractivity contribution in [2.75, 3.05) is 26.0 Å². The number of nitrogens with one attached hydrogen (secondary N) is 1. The number of alkyl halides is 3. The van der Waals surface area contributed by atoms with Crippen LogP contribution in [0.5, 0.6) is 5.75 Å². The van der Waals surface area contributed by atoms with E-state index in [2.05, 4.69) is 5.32 Å². The predicted octanol–water partition coefficient (Wildman–Crippen LogP) is 2.65. The van der Waals surface area contributed by atoms with Gasteiger partial charge in [-0.15, -0.1) is 0 Å². The first-order chi connectivity index (χ1) is 10.1. The topological polar surface area (TPSA) is 78.9 Å². The van der Waals surface area contributed by atoms with Gasteiger partial charge in [0.1, 0.15) is 5.75 Å². The third-order valence-corrected chi connectivity index (χ3v) is 2.78. The predicted molar refractivity (Wildman–Crippen MR) is 71.9 cm³/mol. The second-order valence-electron chi connectivity index (χ2n) is 4.40. The number of nitrogens with zero attached hydrogens (tertiary/aromatic N) is 1. The van der Waals surface area contributed by atoms with Crippen LogP contribution < -0.4 is 10.1 Å². The van der Waals surface area contributed by atoms with Crippen LogP contribution in [0, 0.1) is 0 Å². The third kappa shape index (κ3) is 4.83. The standard InChI is InChI=1S/C13H15F3N2O4/c1-18(6-5-11(19)20)12(21)17-10-4-3-8(22-2)7-9(10)13(14,15)16/h3-4,7H,5-6H2,1-2H3,(H,17,21)(H,19,20). The van der Waals surface area contributed by atoms with Crippen LogP contribution in [0.4, 0.5) is 23.7 Å². The van der Waals surface area contributed by atoms with Crippen LogP contribution in [0.1, 0.15) is 12.0 Å². The lowest BCUT2D eigenvalue weighted by molar-refractivity contribution is -0.137. The van der Waals surface area contributed by atoms with E-state index < -0.39 is 29.4 Å². The molecule has 1 rings (SSSR count). The van der Waals surface area contributed by atoms with Gasteiger partial charge in [0.05, 0.1) is 24.8 Å². The highest BCUT2D eigenvalue weighted by molar-refractivity contribution is 5.90. The summed E-state index contributed by atoms with van der Waals surface area (Å²) in [6, 6.07) is 2.29. The summed E-state index contributed by atoms with van der Waals surface area (Å²) in [5.74, 6) is -1.11. The molecule has 1 aromatic carbocycles. The molecule has 6 nitrogen and oxygen atoms in total. The van der Waals surface area contributed by atoms with E-state index in [9.17, 15) is 22.8 Å². The zero-order chi connectivity index (χ0) is 16.9. The Morgan fingerprint density at radius 1 is 1.36 bits per heavy atom. The number of carboxylic acid groups (broad SMARTS) is 1. The molecule has 9 heteroatoms. The van der Waals surface area contributed by atoms with Crippen LogP contribution in [0.25, 0.3) is 0 Å². The molecule has 0 radical (unpaired) electrons. The third-order valence-electron chi connectivity index (χ3n) is 2.78. The Labute approximate surface area is 124 Å². The number of amides is 2. The maximum absolute atomic E-state index is 13.0. The maximum Gasteiger partial charge on any atom is 0.418 e. The average molecular weight is 320 g/mol. The molecule has 0 heterocycles. The Balaban J connectivity index is 2.92. The van der Waals surface area contributed by atoms with Gasteiger partial charge in [-0.1, -0.05) is 0 Å². The lowest BCUT2D eigenvalue weighted by atomic mass is 10.1. The molecule has 0 aliphatic carbocycles. The van der Waals surface area contributed by atoms with Crippen LogP contribution in [-0.2, 0) is 11.0 Å². The Bertz CT molecular complexity index is 561. The number of carbonyl (C=O) groups excluding carboxylic acids is 1. The van der Waals surface area contributed by atoms with Crippen LogP contribution in [0.3, 0.4) is 0 Å². The lowest BCUT2D eigenvalue weighted by Crippen LogP contribution is -2.33. The van der Waals surface area contributed by atoms with Gasteiger partial charge in [0, 0.05) is 13.6 Å². The van der Waals surface area contributed by atoms with E-state index in [1.165, 1.54) is 20.2 Å². The molecule has 1 aromatic rings. The number of anilines is 1. The minimum absolute atomic E-state index is 0.00422. The van der Waals surface area contributed by atoms with E-state index in [4.69, 9.17) is 9.84 Å². The van der Waals surface area contributed by atoms with Crippen LogP contribution in [-0.4, -0.2) is 42.7 Å². The minimum Gasteiger partial charge on any atom is -0.497 e. The molecular weight excluding hydrogens is 305 g/mol. The van der Waals surface area contributed by atoms with Crippen molar-refractivity contribution in [1.29, 1.82) is 0 Å². The quantitative estimate of drug-likeness (QED) is 0.874. The van der Waals surface area contributed by atoms with Gasteiger partial charge in [0.2, 0.25) is 0 Å². The SMILES string of the molecule is COc1ccc(NC(=O)N(C)CCC(=O)O)c(C(F)(F)F)c1. The molecule has 0 saturated carbocycles. The number of halogens is 3. The molecule has 122 valence electrons. The number of urea groups is 1. The summed E-state index contributed by atoms with van der Waals surface area (Å²) in [4.78, 5) is 23.2. The number of aliphatic carboxylic acids is 1. The molecule has 0 spiro atoms. The summed E-state index contributed by atoms with van der Waals surface area (Å²) in [6.45, 7) is -0.126. The molecular formula is C13H15F3N2O4. The van der Waals surface area contributed by atoms with E-state index in [1.807, 2.05) is 0 Å². The summed E-state index contributed by atoms with van der Waals surface area (Å²) < 4.78 is 43.6. The van der Waals surface area contributed by atoms with E-state index >= 15 is 0 Å². The number of rotatable bonds is 5. The fourth-order valence-corrected chi connectivity index (χ4v) is 1.57. The van der Waals surface area contributed by atoms with Crippen molar-refractivity contribution in [2.45, 2.75) is 12.6 Å². The van der Waals surface area contributed by atoms with Crippen LogP contribution in [0.15, 0.2) is 18.2 Å². The van der Waals surface area contributed by atoms with Crippen molar-refractivity contribution in [3.05, 3.63) is 23.8 Å². The van der Waals surface area contributed by atoms with Crippen LogP contribution >= 0.6 is 0 Å². The van der Waals surface area contributed by atoms with Crippen molar-refractivity contribution in [2.24, 2.45) is 0 Å². The minimum atomic E-state index is -4.67. The Morgan fingerprint density at radius 3 is 2.50 bits per heavy atom. The number of hydrogen-bond donors (Lipinski definition) is 2. The van der Waals surface area contributed by atoms with Crippen molar-refractivity contribution < 1.29 is 32.6 Å². The first kappa shape index (κ1) is 17.6. The number of methoxy groups -OCH3 is 1. The molecule has 0 bridgehead atoms. The fraction of sp³-hybridized carbons (Fsp3) is 0.385. The van der Waals surface area contributed by atoms with E-state index in [1.54, 1.807) is 0 Å². The number of hydrogen-bond acceptors (Lipinski definition) is 3. The number of ether oxygens (including phenoxy) is 1. The molecule has 0 aliphatic heterocycles. The smallest absolute Gasteiger partial charge is 0.418 e. The maximum atomic E-state index is 13.0. The zero-order valence-electron chi connectivity index (χ0n) is 11.9. The molecule has 2 N–H and O–H groups in total. The number of carbonyl (C=O) groups is 2. The van der Waals surface area contributed by atoms with Gasteiger partial charge in [-0.05, 0) is 18.2 Å². The van der Waals surface area contributed by atoms with Crippen molar-refractivity contribution in [3.8, 4) is 5.75 Å². The molecule has 0 aliphatic rings. The molecule has 0 fully saturated rings. The molecule has 2 amide bonds. The van der Waals surface area contributed by atoms with Crippen molar-refractivity contribution >= 4 is 17.7 Å². The Hall–Kier alpha value is -2.45. The lowest BCUT2D eigenvalue weighted by Gasteiger charge is -2.19. The molecule has 0 aromatic heterocycles. The Morgan fingerprint density at radius 2 is 2.00 bits per heavy atom. The van der Waals surface area contributed by atoms with Gasteiger partial charge in [0.25, 0.3) is 0 Å². The van der Waals surface area contributed by atoms with Crippen molar-refractivity contribution in [3.63, 3.8) is 0 Å². The molecule has 0 saturated heterocycles. The van der Waals surface area contributed by atoms with Crippen molar-refractivity contribution in [1.82, 2.24) is 4.90 Å². The zero-order valence-corrected chi connectivity index (χ0v) is 11.9. The summed E-state index contributed by atoms with van der Waals surface area (Å²) in [7, 11) is 2.52. The summed E-state index contributed by atoms with van der Waals surface area (Å²) >= 11 is 0. The second kappa shape index (κ2) is 7.01. The number of carboxylic acids is 1. The van der Waals surface area contributed by atoms with Gasteiger partial charge in [-0.25, -0.2) is 4.79 Å². The Kier molecular flexibility index (Phi) is 5.61. The van der Waals surface area contributed by atoms with Crippen LogP contribution in [0.2, 0.25) is 0 Å². The van der Waals surface area contributed by atoms with Gasteiger partial charge in [-0.3, -0.25) is 4.79 Å².